The van der Waals surface area contributed by atoms with Crippen molar-refractivity contribution in [3.8, 4) is 0 Å². The molecule has 0 spiro atoms. The zero-order chi connectivity index (χ0) is 12.0. The van der Waals surface area contributed by atoms with Gasteiger partial charge >= 0.3 is 0 Å². The summed E-state index contributed by atoms with van der Waals surface area (Å²) in [6.45, 7) is 11.1. The zero-order valence-electron chi connectivity index (χ0n) is 11.0. The Morgan fingerprint density at radius 1 is 1.44 bits per heavy atom. The lowest BCUT2D eigenvalue weighted by Crippen LogP contribution is -2.44. The van der Waals surface area contributed by atoms with Gasteiger partial charge in [-0.3, -0.25) is 0 Å². The first-order valence-electron chi connectivity index (χ1n) is 6.52. The SMILES string of the molecule is CCCOC1CCCN(CC(C)(C)CS)C1. The van der Waals surface area contributed by atoms with Gasteiger partial charge in [0.1, 0.15) is 0 Å². The van der Waals surface area contributed by atoms with Crippen molar-refractivity contribution in [2.45, 2.75) is 46.1 Å². The predicted octanol–water partition coefficient (Wildman–Crippen LogP) is 2.83. The molecule has 16 heavy (non-hydrogen) atoms. The van der Waals surface area contributed by atoms with Crippen LogP contribution in [0.3, 0.4) is 0 Å². The van der Waals surface area contributed by atoms with Crippen LogP contribution in [-0.4, -0.2) is 43.0 Å². The molecule has 0 saturated carbocycles. The number of hydrogen-bond acceptors (Lipinski definition) is 3. The molecule has 0 aromatic carbocycles. The summed E-state index contributed by atoms with van der Waals surface area (Å²) in [5.41, 5.74) is 0.315. The number of thiol groups is 1. The van der Waals surface area contributed by atoms with Crippen molar-refractivity contribution >= 4 is 12.6 Å². The fourth-order valence-corrected chi connectivity index (χ4v) is 2.33. The van der Waals surface area contributed by atoms with Crippen molar-refractivity contribution in [3.63, 3.8) is 0 Å². The first-order valence-corrected chi connectivity index (χ1v) is 7.15. The zero-order valence-corrected chi connectivity index (χ0v) is 11.9. The monoisotopic (exact) mass is 245 g/mol. The van der Waals surface area contributed by atoms with Gasteiger partial charge < -0.3 is 9.64 Å². The predicted molar refractivity (Wildman–Crippen MR) is 73.3 cm³/mol. The summed E-state index contributed by atoms with van der Waals surface area (Å²) in [4.78, 5) is 2.54. The van der Waals surface area contributed by atoms with E-state index in [-0.39, 0.29) is 0 Å². The number of hydrogen-bond donors (Lipinski definition) is 1. The number of piperidine rings is 1. The molecule has 1 aliphatic heterocycles. The van der Waals surface area contributed by atoms with E-state index in [1.165, 1.54) is 19.4 Å². The molecule has 0 bridgehead atoms. The molecule has 0 amide bonds. The maximum atomic E-state index is 5.85. The topological polar surface area (TPSA) is 12.5 Å². The molecule has 1 rings (SSSR count). The lowest BCUT2D eigenvalue weighted by Gasteiger charge is -2.37. The summed E-state index contributed by atoms with van der Waals surface area (Å²) in [5.74, 6) is 0.948. The fraction of sp³-hybridized carbons (Fsp3) is 1.00. The van der Waals surface area contributed by atoms with Crippen LogP contribution in [0.15, 0.2) is 0 Å². The van der Waals surface area contributed by atoms with Gasteiger partial charge in [0, 0.05) is 19.7 Å². The van der Waals surface area contributed by atoms with Gasteiger partial charge in [-0.2, -0.15) is 12.6 Å². The van der Waals surface area contributed by atoms with Crippen LogP contribution in [0, 0.1) is 5.41 Å². The Bertz CT molecular complexity index is 196. The highest BCUT2D eigenvalue weighted by Crippen LogP contribution is 2.22. The Balaban J connectivity index is 2.32. The Labute approximate surface area is 106 Å². The van der Waals surface area contributed by atoms with E-state index in [1.807, 2.05) is 0 Å². The molecule has 1 fully saturated rings. The van der Waals surface area contributed by atoms with Crippen LogP contribution in [-0.2, 0) is 4.74 Å². The average molecular weight is 245 g/mol. The molecular formula is C13H27NOS. The minimum atomic E-state index is 0.315. The highest BCUT2D eigenvalue weighted by atomic mass is 32.1. The Morgan fingerprint density at radius 3 is 2.81 bits per heavy atom. The maximum Gasteiger partial charge on any atom is 0.0702 e. The third kappa shape index (κ3) is 5.07. The van der Waals surface area contributed by atoms with Crippen molar-refractivity contribution in [1.29, 1.82) is 0 Å². The minimum Gasteiger partial charge on any atom is -0.377 e. The van der Waals surface area contributed by atoms with Crippen LogP contribution in [0.4, 0.5) is 0 Å². The van der Waals surface area contributed by atoms with Gasteiger partial charge in [-0.15, -0.1) is 0 Å². The molecule has 1 heterocycles. The van der Waals surface area contributed by atoms with Crippen molar-refractivity contribution < 1.29 is 4.74 Å². The molecule has 1 atom stereocenters. The van der Waals surface area contributed by atoms with Crippen LogP contribution in [0.5, 0.6) is 0 Å². The second kappa shape index (κ2) is 6.87. The third-order valence-electron chi connectivity index (χ3n) is 3.10. The Hall–Kier alpha value is 0.270. The summed E-state index contributed by atoms with van der Waals surface area (Å²) in [6.07, 6.45) is 4.09. The molecule has 96 valence electrons. The van der Waals surface area contributed by atoms with Gasteiger partial charge in [0.05, 0.1) is 6.10 Å². The van der Waals surface area contributed by atoms with Crippen LogP contribution in [0.1, 0.15) is 40.0 Å². The van der Waals surface area contributed by atoms with Crippen molar-refractivity contribution in [2.24, 2.45) is 5.41 Å². The first-order chi connectivity index (χ1) is 7.57. The largest absolute Gasteiger partial charge is 0.377 e. The van der Waals surface area contributed by atoms with Crippen LogP contribution in [0.2, 0.25) is 0 Å². The smallest absolute Gasteiger partial charge is 0.0702 e. The average Bonchev–Trinajstić information content (AvgIpc) is 2.26. The number of nitrogens with zero attached hydrogens (tertiary/aromatic N) is 1. The highest BCUT2D eigenvalue weighted by molar-refractivity contribution is 7.80. The molecule has 1 unspecified atom stereocenters. The van der Waals surface area contributed by atoms with Gasteiger partial charge in [0.25, 0.3) is 0 Å². The van der Waals surface area contributed by atoms with E-state index in [1.54, 1.807) is 0 Å². The molecule has 0 N–H and O–H groups in total. The highest BCUT2D eigenvalue weighted by Gasteiger charge is 2.25. The summed E-state index contributed by atoms with van der Waals surface area (Å²) in [7, 11) is 0. The normalized spacial score (nSPS) is 23.6. The molecule has 2 nitrogen and oxygen atoms in total. The van der Waals surface area contributed by atoms with Crippen LogP contribution < -0.4 is 0 Å². The number of ether oxygens (including phenoxy) is 1. The molecular weight excluding hydrogens is 218 g/mol. The van der Waals surface area contributed by atoms with E-state index < -0.39 is 0 Å². The summed E-state index contributed by atoms with van der Waals surface area (Å²) in [5, 5.41) is 0. The molecule has 0 aromatic rings. The van der Waals surface area contributed by atoms with E-state index >= 15 is 0 Å². The van der Waals surface area contributed by atoms with Gasteiger partial charge in [0.2, 0.25) is 0 Å². The summed E-state index contributed by atoms with van der Waals surface area (Å²) < 4.78 is 5.85. The number of likely N-dealkylation sites (tertiary alicyclic amines) is 1. The van der Waals surface area contributed by atoms with Gasteiger partial charge in [0.15, 0.2) is 0 Å². The van der Waals surface area contributed by atoms with E-state index in [9.17, 15) is 0 Å². The quantitative estimate of drug-likeness (QED) is 0.723. The Morgan fingerprint density at radius 2 is 2.19 bits per heavy atom. The van der Waals surface area contributed by atoms with Gasteiger partial charge in [-0.25, -0.2) is 0 Å². The van der Waals surface area contributed by atoms with Crippen LogP contribution in [0.25, 0.3) is 0 Å². The van der Waals surface area contributed by atoms with E-state index in [0.717, 1.165) is 31.9 Å². The second-order valence-corrected chi connectivity index (χ2v) is 6.01. The molecule has 0 radical (unpaired) electrons. The van der Waals surface area contributed by atoms with Crippen LogP contribution >= 0.6 is 12.6 Å². The Kier molecular flexibility index (Phi) is 6.16. The van der Waals surface area contributed by atoms with Crippen molar-refractivity contribution in [1.82, 2.24) is 4.90 Å². The minimum absolute atomic E-state index is 0.315. The molecule has 1 saturated heterocycles. The standard InChI is InChI=1S/C13H27NOS/c1-4-8-15-12-6-5-7-14(9-12)10-13(2,3)11-16/h12,16H,4-11H2,1-3H3. The van der Waals surface area contributed by atoms with Gasteiger partial charge in [-0.05, 0) is 37.0 Å². The molecule has 3 heteroatoms. The molecule has 0 aromatic heterocycles. The number of rotatable bonds is 6. The van der Waals surface area contributed by atoms with Crippen molar-refractivity contribution in [3.05, 3.63) is 0 Å². The van der Waals surface area contributed by atoms with E-state index in [0.29, 0.717) is 11.5 Å². The molecule has 0 aliphatic carbocycles. The lowest BCUT2D eigenvalue weighted by atomic mass is 9.94. The third-order valence-corrected chi connectivity index (χ3v) is 3.96. The molecule has 1 aliphatic rings. The fourth-order valence-electron chi connectivity index (χ4n) is 2.23. The van der Waals surface area contributed by atoms with E-state index in [4.69, 9.17) is 4.74 Å². The van der Waals surface area contributed by atoms with Gasteiger partial charge in [-0.1, -0.05) is 20.8 Å². The van der Waals surface area contributed by atoms with Crippen molar-refractivity contribution in [2.75, 3.05) is 32.0 Å². The summed E-state index contributed by atoms with van der Waals surface area (Å²) >= 11 is 4.42. The lowest BCUT2D eigenvalue weighted by molar-refractivity contribution is -0.00733. The first kappa shape index (κ1) is 14.3. The maximum absolute atomic E-state index is 5.85. The van der Waals surface area contributed by atoms with E-state index in [2.05, 4.69) is 38.3 Å². The second-order valence-electron chi connectivity index (χ2n) is 5.69. The summed E-state index contributed by atoms with van der Waals surface area (Å²) in [6, 6.07) is 0.